The van der Waals surface area contributed by atoms with E-state index in [4.69, 9.17) is 14.5 Å². The number of amides is 1. The molecule has 0 saturated carbocycles. The summed E-state index contributed by atoms with van der Waals surface area (Å²) in [6.45, 7) is 10.9. The van der Waals surface area contributed by atoms with Crippen LogP contribution in [-0.4, -0.2) is 71.5 Å². The lowest BCUT2D eigenvalue weighted by Gasteiger charge is -2.36. The Balaban J connectivity index is 1.34. The summed E-state index contributed by atoms with van der Waals surface area (Å²) in [4.78, 5) is 28.7. The number of carbonyl (C=O) groups excluding carboxylic acids is 1. The zero-order valence-electron chi connectivity index (χ0n) is 20.6. The molecule has 10 heteroatoms. The molecule has 10 nitrogen and oxygen atoms in total. The van der Waals surface area contributed by atoms with Gasteiger partial charge in [-0.05, 0) is 40.5 Å². The van der Waals surface area contributed by atoms with Crippen LogP contribution in [0.25, 0.3) is 22.6 Å². The van der Waals surface area contributed by atoms with Crippen LogP contribution < -0.4 is 4.74 Å². The molecule has 0 aliphatic carbocycles. The van der Waals surface area contributed by atoms with Gasteiger partial charge >= 0.3 is 0 Å². The van der Waals surface area contributed by atoms with Crippen LogP contribution in [0.15, 0.2) is 12.5 Å². The van der Waals surface area contributed by atoms with E-state index < -0.39 is 0 Å². The average molecular weight is 468 g/mol. The van der Waals surface area contributed by atoms with Crippen molar-refractivity contribution in [2.45, 2.75) is 65.2 Å². The summed E-state index contributed by atoms with van der Waals surface area (Å²) in [5, 5.41) is 4.45. The summed E-state index contributed by atoms with van der Waals surface area (Å²) >= 11 is 0. The fraction of sp³-hybridized carbons (Fsp3) is 0.625. The number of imidazole rings is 1. The van der Waals surface area contributed by atoms with Crippen LogP contribution in [0.4, 0.5) is 0 Å². The number of fused-ring (bicyclic) bond motifs is 1. The minimum Gasteiger partial charge on any atom is -0.471 e. The van der Waals surface area contributed by atoms with E-state index in [1.807, 2.05) is 34.3 Å². The summed E-state index contributed by atoms with van der Waals surface area (Å²) < 4.78 is 16.0. The first-order chi connectivity index (χ1) is 16.3. The molecule has 0 bridgehead atoms. The maximum atomic E-state index is 13.1. The monoisotopic (exact) mass is 467 g/mol. The molecule has 0 radical (unpaired) electrons. The zero-order chi connectivity index (χ0) is 24.0. The number of ether oxygens (including phenoxy) is 2. The van der Waals surface area contributed by atoms with Gasteiger partial charge in [-0.25, -0.2) is 9.97 Å². The largest absolute Gasteiger partial charge is 0.471 e. The van der Waals surface area contributed by atoms with Gasteiger partial charge in [-0.3, -0.25) is 9.48 Å². The molecular formula is C24H33N7O3. The van der Waals surface area contributed by atoms with Crippen molar-refractivity contribution in [2.24, 2.45) is 13.0 Å². The summed E-state index contributed by atoms with van der Waals surface area (Å²) in [5.41, 5.74) is 3.10. The number of rotatable bonds is 5. The summed E-state index contributed by atoms with van der Waals surface area (Å²) in [6.07, 6.45) is 5.53. The van der Waals surface area contributed by atoms with Gasteiger partial charge in [0.1, 0.15) is 18.3 Å². The highest BCUT2D eigenvalue weighted by molar-refractivity contribution is 5.81. The number of hydrogen-bond donors (Lipinski definition) is 0. The first-order valence-corrected chi connectivity index (χ1v) is 12.1. The Morgan fingerprint density at radius 1 is 1.29 bits per heavy atom. The van der Waals surface area contributed by atoms with Gasteiger partial charge in [-0.15, -0.1) is 0 Å². The molecule has 34 heavy (non-hydrogen) atoms. The Morgan fingerprint density at radius 2 is 2.12 bits per heavy atom. The highest BCUT2D eigenvalue weighted by Crippen LogP contribution is 2.32. The Morgan fingerprint density at radius 3 is 2.85 bits per heavy atom. The molecule has 1 amide bonds. The molecule has 182 valence electrons. The van der Waals surface area contributed by atoms with Gasteiger partial charge in [-0.2, -0.15) is 10.1 Å². The average Bonchev–Trinajstić information content (AvgIpc) is 3.51. The molecule has 5 heterocycles. The first-order valence-electron chi connectivity index (χ1n) is 12.1. The van der Waals surface area contributed by atoms with Crippen molar-refractivity contribution in [3.8, 4) is 17.3 Å². The van der Waals surface area contributed by atoms with Crippen LogP contribution in [0, 0.1) is 12.8 Å². The third-order valence-corrected chi connectivity index (χ3v) is 7.05. The third kappa shape index (κ3) is 4.04. The molecule has 0 aromatic carbocycles. The smallest absolute Gasteiger partial charge is 0.245 e. The van der Waals surface area contributed by atoms with Crippen LogP contribution >= 0.6 is 0 Å². The van der Waals surface area contributed by atoms with Crippen LogP contribution in [0.5, 0.6) is 5.88 Å². The molecule has 0 N–H and O–H groups in total. The first kappa shape index (κ1) is 22.8. The molecule has 2 saturated heterocycles. The van der Waals surface area contributed by atoms with Gasteiger partial charge in [0, 0.05) is 44.8 Å². The predicted octanol–water partition coefficient (Wildman–Crippen LogP) is 2.74. The molecule has 2 aliphatic heterocycles. The number of nitrogens with zero attached hydrogens (tertiary/aromatic N) is 7. The van der Waals surface area contributed by atoms with Crippen LogP contribution in [0.1, 0.15) is 45.7 Å². The molecule has 0 spiro atoms. The minimum atomic E-state index is -0.247. The van der Waals surface area contributed by atoms with Gasteiger partial charge in [0.15, 0.2) is 11.2 Å². The number of carbonyl (C=O) groups is 1. The fourth-order valence-electron chi connectivity index (χ4n) is 5.17. The molecular weight excluding hydrogens is 434 g/mol. The second-order valence-electron chi connectivity index (χ2n) is 9.92. The van der Waals surface area contributed by atoms with E-state index >= 15 is 0 Å². The van der Waals surface area contributed by atoms with Gasteiger partial charge in [0.2, 0.25) is 11.8 Å². The van der Waals surface area contributed by atoms with E-state index in [1.54, 1.807) is 0 Å². The SMILES string of the molecule is CCn1ncc(-c2nc3c(O[C@H]4CCN(C(=O)C5CCOC(C)(C)C5)C4)ncnc3n2C)c1C. The van der Waals surface area contributed by atoms with Crippen molar-refractivity contribution >= 4 is 17.1 Å². The van der Waals surface area contributed by atoms with E-state index in [1.165, 1.54) is 6.33 Å². The van der Waals surface area contributed by atoms with Gasteiger partial charge in [-0.1, -0.05) is 0 Å². The Hall–Kier alpha value is -3.01. The maximum absolute atomic E-state index is 13.1. The highest BCUT2D eigenvalue weighted by atomic mass is 16.5. The number of aromatic nitrogens is 6. The molecule has 5 rings (SSSR count). The predicted molar refractivity (Wildman–Crippen MR) is 126 cm³/mol. The lowest BCUT2D eigenvalue weighted by atomic mass is 9.87. The lowest BCUT2D eigenvalue weighted by molar-refractivity contribution is -0.144. The van der Waals surface area contributed by atoms with Crippen molar-refractivity contribution in [1.82, 2.24) is 34.2 Å². The number of aryl methyl sites for hydroxylation is 2. The summed E-state index contributed by atoms with van der Waals surface area (Å²) in [5.74, 6) is 1.46. The van der Waals surface area contributed by atoms with E-state index in [0.717, 1.165) is 42.9 Å². The molecule has 2 atom stereocenters. The topological polar surface area (TPSA) is 100 Å². The Labute approximate surface area is 199 Å². The quantitative estimate of drug-likeness (QED) is 0.569. The van der Waals surface area contributed by atoms with Crippen LogP contribution in [0.2, 0.25) is 0 Å². The van der Waals surface area contributed by atoms with Crippen LogP contribution in [-0.2, 0) is 23.1 Å². The molecule has 2 aliphatic rings. The molecule has 3 aromatic rings. The standard InChI is InChI=1S/C24H33N7O3/c1-6-31-15(2)18(12-27-31)20-28-19-21(29(20)5)25-14-26-22(19)34-17-7-9-30(13-17)23(32)16-8-10-33-24(3,4)11-16/h12,14,16-17H,6-11,13H2,1-5H3/t16?,17-/m0/s1. The van der Waals surface area contributed by atoms with Gasteiger partial charge in [0.25, 0.3) is 0 Å². The number of hydrogen-bond acceptors (Lipinski definition) is 7. The van der Waals surface area contributed by atoms with Crippen molar-refractivity contribution in [3.05, 3.63) is 18.2 Å². The van der Waals surface area contributed by atoms with Gasteiger partial charge < -0.3 is 18.9 Å². The van der Waals surface area contributed by atoms with E-state index in [-0.39, 0.29) is 23.5 Å². The lowest BCUT2D eigenvalue weighted by Crippen LogP contribution is -2.43. The van der Waals surface area contributed by atoms with Crippen molar-refractivity contribution in [3.63, 3.8) is 0 Å². The fourth-order valence-corrected chi connectivity index (χ4v) is 5.17. The van der Waals surface area contributed by atoms with Crippen molar-refractivity contribution < 1.29 is 14.3 Å². The maximum Gasteiger partial charge on any atom is 0.245 e. The van der Waals surface area contributed by atoms with Crippen molar-refractivity contribution in [2.75, 3.05) is 19.7 Å². The Bertz CT molecular complexity index is 1210. The Kier molecular flexibility index (Phi) is 5.79. The summed E-state index contributed by atoms with van der Waals surface area (Å²) in [6, 6.07) is 0. The normalized spacial score (nSPS) is 22.4. The minimum absolute atomic E-state index is 0.0129. The zero-order valence-corrected chi connectivity index (χ0v) is 20.6. The van der Waals surface area contributed by atoms with E-state index in [9.17, 15) is 4.79 Å². The number of likely N-dealkylation sites (tertiary alicyclic amines) is 1. The highest BCUT2D eigenvalue weighted by Gasteiger charge is 2.38. The molecule has 3 aromatic heterocycles. The molecule has 1 unspecified atom stereocenters. The molecule has 2 fully saturated rings. The second-order valence-corrected chi connectivity index (χ2v) is 9.92. The van der Waals surface area contributed by atoms with E-state index in [0.29, 0.717) is 36.7 Å². The van der Waals surface area contributed by atoms with Gasteiger partial charge in [0.05, 0.1) is 23.9 Å². The third-order valence-electron chi connectivity index (χ3n) is 7.05. The van der Waals surface area contributed by atoms with Crippen molar-refractivity contribution in [1.29, 1.82) is 0 Å². The summed E-state index contributed by atoms with van der Waals surface area (Å²) in [7, 11) is 1.94. The second kappa shape index (κ2) is 8.65. The van der Waals surface area contributed by atoms with Crippen LogP contribution in [0.3, 0.4) is 0 Å². The van der Waals surface area contributed by atoms with E-state index in [2.05, 4.69) is 35.8 Å².